The molecule has 0 aliphatic heterocycles. The smallest absolute Gasteiger partial charge is 0.469 e. The molecule has 1 aromatic carbocycles. The monoisotopic (exact) mass is 419 g/mol. The highest BCUT2D eigenvalue weighted by molar-refractivity contribution is 9.10. The van der Waals surface area contributed by atoms with Crippen LogP contribution in [-0.2, 0) is 16.0 Å². The molecule has 0 radical (unpaired) electrons. The summed E-state index contributed by atoms with van der Waals surface area (Å²) in [5.74, 6) is -1.92. The van der Waals surface area contributed by atoms with Crippen LogP contribution in [0.1, 0.15) is 17.0 Å². The van der Waals surface area contributed by atoms with Crippen LogP contribution in [0.3, 0.4) is 0 Å². The summed E-state index contributed by atoms with van der Waals surface area (Å²) in [5.41, 5.74) is 0.270. The van der Waals surface area contributed by atoms with Crippen LogP contribution in [0.5, 0.6) is 5.75 Å². The Bertz CT molecular complexity index is 802. The minimum Gasteiger partial charge on any atom is -0.469 e. The molecular weight excluding hydrogens is 407 g/mol. The highest BCUT2D eigenvalue weighted by atomic mass is 79.9. The van der Waals surface area contributed by atoms with Gasteiger partial charge in [0, 0.05) is 16.2 Å². The summed E-state index contributed by atoms with van der Waals surface area (Å²) in [6.45, 7) is 0. The number of nitrogens with one attached hydrogen (secondary N) is 1. The number of hydrogen-bond donors (Lipinski definition) is 1. The van der Waals surface area contributed by atoms with Gasteiger partial charge in [0.1, 0.15) is 5.75 Å². The van der Waals surface area contributed by atoms with Crippen molar-refractivity contribution >= 4 is 21.9 Å². The number of ether oxygens (including phenoxy) is 2. The quantitative estimate of drug-likeness (QED) is 0.752. The zero-order chi connectivity index (χ0) is 18.6. The van der Waals surface area contributed by atoms with Gasteiger partial charge in [-0.05, 0) is 30.2 Å². The van der Waals surface area contributed by atoms with Crippen molar-refractivity contribution in [2.75, 3.05) is 7.11 Å². The number of aromatic amines is 1. The number of benzene rings is 1. The van der Waals surface area contributed by atoms with Crippen LogP contribution < -0.4 is 10.3 Å². The summed E-state index contributed by atoms with van der Waals surface area (Å²) < 4.78 is 45.5. The molecule has 0 saturated heterocycles. The number of alkyl halides is 3. The molecule has 0 amide bonds. The Morgan fingerprint density at radius 1 is 1.24 bits per heavy atom. The van der Waals surface area contributed by atoms with Crippen molar-refractivity contribution in [3.8, 4) is 5.75 Å². The summed E-state index contributed by atoms with van der Waals surface area (Å²) in [6, 6.07) is 6.64. The number of halogens is 4. The third-order valence-corrected chi connectivity index (χ3v) is 4.07. The normalized spacial score (nSPS) is 12.5. The molecular formula is C16H13BrF3NO4. The minimum atomic E-state index is -4.78. The Kier molecular flexibility index (Phi) is 5.89. The molecule has 1 aromatic heterocycles. The maximum atomic E-state index is 12.2. The lowest BCUT2D eigenvalue weighted by Crippen LogP contribution is -2.25. The van der Waals surface area contributed by atoms with Gasteiger partial charge in [-0.3, -0.25) is 9.59 Å². The largest absolute Gasteiger partial charge is 0.573 e. The number of carbonyl (C=O) groups excluding carboxylic acids is 1. The number of esters is 1. The molecule has 0 spiro atoms. The van der Waals surface area contributed by atoms with E-state index in [0.717, 1.165) is 12.1 Å². The van der Waals surface area contributed by atoms with Gasteiger partial charge in [0.2, 0.25) is 0 Å². The van der Waals surface area contributed by atoms with E-state index in [1.165, 1.54) is 25.4 Å². The summed E-state index contributed by atoms with van der Waals surface area (Å²) in [7, 11) is 1.20. The van der Waals surface area contributed by atoms with Crippen molar-refractivity contribution in [2.24, 2.45) is 0 Å². The lowest BCUT2D eigenvalue weighted by molar-refractivity contribution is -0.274. The van der Waals surface area contributed by atoms with Gasteiger partial charge >= 0.3 is 12.3 Å². The molecule has 134 valence electrons. The first kappa shape index (κ1) is 19.0. The lowest BCUT2D eigenvalue weighted by atomic mass is 9.93. The molecule has 1 N–H and O–H groups in total. The fourth-order valence-electron chi connectivity index (χ4n) is 2.30. The highest BCUT2D eigenvalue weighted by Crippen LogP contribution is 2.28. The van der Waals surface area contributed by atoms with Gasteiger partial charge < -0.3 is 14.5 Å². The number of pyridine rings is 1. The zero-order valence-electron chi connectivity index (χ0n) is 12.9. The fourth-order valence-corrected chi connectivity index (χ4v) is 2.89. The molecule has 25 heavy (non-hydrogen) atoms. The molecule has 2 rings (SSSR count). The molecule has 0 fully saturated rings. The number of hydrogen-bond acceptors (Lipinski definition) is 4. The molecule has 9 heteroatoms. The Hall–Kier alpha value is -2.29. The summed E-state index contributed by atoms with van der Waals surface area (Å²) in [6.07, 6.45) is -3.28. The summed E-state index contributed by atoms with van der Waals surface area (Å²) >= 11 is 3.23. The van der Waals surface area contributed by atoms with Crippen molar-refractivity contribution in [3.05, 3.63) is 62.5 Å². The number of carbonyl (C=O) groups is 1. The Labute approximate surface area is 148 Å². The Morgan fingerprint density at radius 2 is 1.88 bits per heavy atom. The first-order valence-corrected chi connectivity index (χ1v) is 7.80. The van der Waals surface area contributed by atoms with Crippen molar-refractivity contribution in [2.45, 2.75) is 18.7 Å². The van der Waals surface area contributed by atoms with Crippen LogP contribution in [-0.4, -0.2) is 24.4 Å². The fraction of sp³-hybridized carbons (Fsp3) is 0.250. The third kappa shape index (κ3) is 5.09. The van der Waals surface area contributed by atoms with E-state index in [-0.39, 0.29) is 17.7 Å². The molecule has 5 nitrogen and oxygen atoms in total. The molecule has 1 atom stereocenters. The summed E-state index contributed by atoms with van der Waals surface area (Å²) in [4.78, 5) is 26.7. The second-order valence-electron chi connectivity index (χ2n) is 5.04. The third-order valence-electron chi connectivity index (χ3n) is 3.38. The van der Waals surface area contributed by atoms with Gasteiger partial charge in [-0.2, -0.15) is 0 Å². The number of H-pyrrole nitrogens is 1. The van der Waals surface area contributed by atoms with E-state index in [1.54, 1.807) is 6.07 Å². The van der Waals surface area contributed by atoms with E-state index in [0.29, 0.717) is 10.0 Å². The average Bonchev–Trinajstić information content (AvgIpc) is 2.53. The van der Waals surface area contributed by atoms with E-state index in [9.17, 15) is 22.8 Å². The van der Waals surface area contributed by atoms with E-state index in [1.807, 2.05) is 0 Å². The van der Waals surface area contributed by atoms with E-state index in [2.05, 4.69) is 25.7 Å². The van der Waals surface area contributed by atoms with Crippen LogP contribution >= 0.6 is 15.9 Å². The van der Waals surface area contributed by atoms with E-state index in [4.69, 9.17) is 4.74 Å². The molecule has 0 saturated carbocycles. The van der Waals surface area contributed by atoms with Gasteiger partial charge in [-0.25, -0.2) is 0 Å². The van der Waals surface area contributed by atoms with Crippen molar-refractivity contribution < 1.29 is 27.4 Å². The number of rotatable bonds is 5. The second kappa shape index (κ2) is 7.73. The standard InChI is InChI=1S/C16H13BrF3NO4/c1-24-15(23)11(13-12(17)6-7-21-14(13)22)8-9-2-4-10(5-3-9)25-16(18,19)20/h2-7,11H,8H2,1H3,(H,21,22). The van der Waals surface area contributed by atoms with Crippen LogP contribution in [0, 0.1) is 0 Å². The van der Waals surface area contributed by atoms with Gasteiger partial charge in [-0.1, -0.05) is 28.1 Å². The highest BCUT2D eigenvalue weighted by Gasteiger charge is 2.31. The van der Waals surface area contributed by atoms with Gasteiger partial charge in [0.05, 0.1) is 13.0 Å². The Balaban J connectivity index is 2.29. The van der Waals surface area contributed by atoms with Crippen LogP contribution in [0.15, 0.2) is 45.8 Å². The zero-order valence-corrected chi connectivity index (χ0v) is 14.5. The second-order valence-corrected chi connectivity index (χ2v) is 5.89. The number of aromatic nitrogens is 1. The van der Waals surface area contributed by atoms with E-state index >= 15 is 0 Å². The van der Waals surface area contributed by atoms with Crippen molar-refractivity contribution in [1.29, 1.82) is 0 Å². The SMILES string of the molecule is COC(=O)C(Cc1ccc(OC(F)(F)F)cc1)c1c(Br)cc[nH]c1=O. The minimum absolute atomic E-state index is 0.0741. The van der Waals surface area contributed by atoms with Gasteiger partial charge in [0.25, 0.3) is 5.56 Å². The topological polar surface area (TPSA) is 68.4 Å². The molecule has 0 bridgehead atoms. The van der Waals surface area contributed by atoms with Gasteiger partial charge in [-0.15, -0.1) is 13.2 Å². The summed E-state index contributed by atoms with van der Waals surface area (Å²) in [5, 5.41) is 0. The first-order chi connectivity index (χ1) is 11.7. The van der Waals surface area contributed by atoms with Crippen LogP contribution in [0.4, 0.5) is 13.2 Å². The predicted molar refractivity (Wildman–Crippen MR) is 86.3 cm³/mol. The first-order valence-electron chi connectivity index (χ1n) is 7.01. The maximum absolute atomic E-state index is 12.2. The molecule has 1 unspecified atom stereocenters. The predicted octanol–water partition coefficient (Wildman–Crippen LogP) is 3.54. The molecule has 0 aliphatic rings. The van der Waals surface area contributed by atoms with Crippen molar-refractivity contribution in [3.63, 3.8) is 0 Å². The maximum Gasteiger partial charge on any atom is 0.573 e. The van der Waals surface area contributed by atoms with Crippen LogP contribution in [0.25, 0.3) is 0 Å². The molecule has 0 aliphatic carbocycles. The van der Waals surface area contributed by atoms with E-state index < -0.39 is 23.8 Å². The van der Waals surface area contributed by atoms with Crippen LogP contribution in [0.2, 0.25) is 0 Å². The van der Waals surface area contributed by atoms with Gasteiger partial charge in [0.15, 0.2) is 0 Å². The number of methoxy groups -OCH3 is 1. The lowest BCUT2D eigenvalue weighted by Gasteiger charge is -2.16. The average molecular weight is 420 g/mol. The molecule has 2 aromatic rings. The van der Waals surface area contributed by atoms with Crippen molar-refractivity contribution in [1.82, 2.24) is 4.98 Å². The Morgan fingerprint density at radius 3 is 2.40 bits per heavy atom. The molecule has 1 heterocycles.